The molecule has 0 saturated heterocycles. The van der Waals surface area contributed by atoms with Crippen LogP contribution in [0, 0.1) is 11.7 Å². The molecule has 1 aromatic heterocycles. The normalized spacial score (nSPS) is 19.0. The Labute approximate surface area is 181 Å². The van der Waals surface area contributed by atoms with E-state index >= 15 is 0 Å². The highest BCUT2D eigenvalue weighted by Gasteiger charge is 2.43. The van der Waals surface area contributed by atoms with Gasteiger partial charge in [0.05, 0.1) is 18.8 Å². The molecule has 0 spiro atoms. The largest absolute Gasteiger partial charge is 0.497 e. The Morgan fingerprint density at radius 1 is 1.06 bits per heavy atom. The van der Waals surface area contributed by atoms with Crippen molar-refractivity contribution in [3.05, 3.63) is 76.9 Å². The van der Waals surface area contributed by atoms with E-state index in [1.165, 1.54) is 44.2 Å². The van der Waals surface area contributed by atoms with Crippen molar-refractivity contribution in [3.8, 4) is 5.75 Å². The van der Waals surface area contributed by atoms with E-state index in [4.69, 9.17) is 4.74 Å². The molecular weight excluding hydrogens is 393 g/mol. The van der Waals surface area contributed by atoms with Crippen LogP contribution in [0.25, 0.3) is 0 Å². The number of carbonyl (C=O) groups excluding carboxylic acids is 1. The lowest BCUT2D eigenvalue weighted by Gasteiger charge is -2.27. The van der Waals surface area contributed by atoms with Gasteiger partial charge in [0.15, 0.2) is 0 Å². The molecule has 1 aliphatic carbocycles. The number of anilines is 1. The molecular formula is C25H26FN3O2. The van der Waals surface area contributed by atoms with Crippen molar-refractivity contribution in [1.29, 1.82) is 0 Å². The molecule has 0 bridgehead atoms. The summed E-state index contributed by atoms with van der Waals surface area (Å²) in [6, 6.07) is 13.5. The Morgan fingerprint density at radius 3 is 2.45 bits per heavy atom. The predicted molar refractivity (Wildman–Crippen MR) is 117 cm³/mol. The standard InChI is InChI=1S/C25H26FN3O2/c1-31-20-13-11-19(12-14-20)29-24(17-7-9-18(26)10-8-17)22-21(27-28-23(22)25(29)30)15-16-5-3-2-4-6-16/h7-14,16,24H,2-6,15H2,1H3,(H,27,28). The number of benzene rings is 2. The van der Waals surface area contributed by atoms with Gasteiger partial charge in [-0.15, -0.1) is 0 Å². The van der Waals surface area contributed by atoms with Crippen LogP contribution in [0.15, 0.2) is 48.5 Å². The smallest absolute Gasteiger partial charge is 0.277 e. The Balaban J connectivity index is 1.57. The van der Waals surface area contributed by atoms with Gasteiger partial charge in [0.25, 0.3) is 5.91 Å². The first-order chi connectivity index (χ1) is 15.2. The molecule has 31 heavy (non-hydrogen) atoms. The molecule has 1 aliphatic heterocycles. The second-order valence-corrected chi connectivity index (χ2v) is 8.49. The summed E-state index contributed by atoms with van der Waals surface area (Å²) in [5.74, 6) is 0.919. The number of aromatic amines is 1. The van der Waals surface area contributed by atoms with Gasteiger partial charge in [-0.25, -0.2) is 4.39 Å². The van der Waals surface area contributed by atoms with Crippen LogP contribution in [0.5, 0.6) is 5.75 Å². The number of carbonyl (C=O) groups is 1. The van der Waals surface area contributed by atoms with Gasteiger partial charge < -0.3 is 4.74 Å². The fourth-order valence-electron chi connectivity index (χ4n) is 5.00. The third kappa shape index (κ3) is 3.60. The maximum Gasteiger partial charge on any atom is 0.277 e. The summed E-state index contributed by atoms with van der Waals surface area (Å²) in [6.45, 7) is 0. The highest BCUT2D eigenvalue weighted by molar-refractivity contribution is 6.10. The number of nitrogens with zero attached hydrogens (tertiary/aromatic N) is 2. The highest BCUT2D eigenvalue weighted by atomic mass is 19.1. The van der Waals surface area contributed by atoms with E-state index in [9.17, 15) is 9.18 Å². The molecule has 1 fully saturated rings. The number of hydrogen-bond donors (Lipinski definition) is 1. The predicted octanol–water partition coefficient (Wildman–Crippen LogP) is 5.43. The zero-order valence-corrected chi connectivity index (χ0v) is 17.6. The third-order valence-corrected chi connectivity index (χ3v) is 6.59. The van der Waals surface area contributed by atoms with Gasteiger partial charge >= 0.3 is 0 Å². The van der Waals surface area contributed by atoms with E-state index in [2.05, 4.69) is 10.2 Å². The van der Waals surface area contributed by atoms with Crippen molar-refractivity contribution in [3.63, 3.8) is 0 Å². The van der Waals surface area contributed by atoms with Crippen molar-refractivity contribution < 1.29 is 13.9 Å². The van der Waals surface area contributed by atoms with Gasteiger partial charge in [-0.3, -0.25) is 14.8 Å². The van der Waals surface area contributed by atoms with Crippen molar-refractivity contribution in [2.45, 2.75) is 44.6 Å². The van der Waals surface area contributed by atoms with Crippen LogP contribution in [0.4, 0.5) is 10.1 Å². The summed E-state index contributed by atoms with van der Waals surface area (Å²) >= 11 is 0. The lowest BCUT2D eigenvalue weighted by atomic mass is 9.84. The zero-order valence-electron chi connectivity index (χ0n) is 17.6. The summed E-state index contributed by atoms with van der Waals surface area (Å²) in [6.07, 6.45) is 7.10. The minimum atomic E-state index is -0.339. The molecule has 5 nitrogen and oxygen atoms in total. The first-order valence-corrected chi connectivity index (χ1v) is 11.0. The van der Waals surface area contributed by atoms with Crippen LogP contribution in [0.2, 0.25) is 0 Å². The number of halogens is 1. The van der Waals surface area contributed by atoms with Crippen LogP contribution >= 0.6 is 0 Å². The number of nitrogens with one attached hydrogen (secondary N) is 1. The van der Waals surface area contributed by atoms with E-state index in [1.807, 2.05) is 24.3 Å². The first-order valence-electron chi connectivity index (χ1n) is 11.0. The van der Waals surface area contributed by atoms with Gasteiger partial charge in [-0.05, 0) is 54.3 Å². The molecule has 2 heterocycles. The number of fused-ring (bicyclic) bond motifs is 1. The van der Waals surface area contributed by atoms with Crippen molar-refractivity contribution in [2.75, 3.05) is 12.0 Å². The number of ether oxygens (including phenoxy) is 1. The third-order valence-electron chi connectivity index (χ3n) is 6.59. The second-order valence-electron chi connectivity index (χ2n) is 8.49. The minimum Gasteiger partial charge on any atom is -0.497 e. The summed E-state index contributed by atoms with van der Waals surface area (Å²) in [4.78, 5) is 15.2. The SMILES string of the molecule is COc1ccc(N2C(=O)c3[nH]nc(CC4CCCCC4)c3C2c2ccc(F)cc2)cc1. The molecule has 5 rings (SSSR count). The molecule has 3 aromatic rings. The van der Waals surface area contributed by atoms with E-state index in [0.717, 1.165) is 34.7 Å². The zero-order chi connectivity index (χ0) is 21.4. The monoisotopic (exact) mass is 419 g/mol. The molecule has 2 aliphatic rings. The molecule has 1 amide bonds. The minimum absolute atomic E-state index is 0.114. The Morgan fingerprint density at radius 2 is 1.77 bits per heavy atom. The van der Waals surface area contributed by atoms with Crippen LogP contribution in [-0.2, 0) is 6.42 Å². The van der Waals surface area contributed by atoms with Crippen LogP contribution < -0.4 is 9.64 Å². The van der Waals surface area contributed by atoms with Gasteiger partial charge in [0, 0.05) is 11.3 Å². The fraction of sp³-hybridized carbons (Fsp3) is 0.360. The van der Waals surface area contributed by atoms with Gasteiger partial charge in [0.2, 0.25) is 0 Å². The molecule has 1 unspecified atom stereocenters. The first kappa shape index (κ1) is 19.8. The quantitative estimate of drug-likeness (QED) is 0.600. The average molecular weight is 420 g/mol. The number of amides is 1. The van der Waals surface area contributed by atoms with Crippen molar-refractivity contribution >= 4 is 11.6 Å². The van der Waals surface area contributed by atoms with E-state index in [1.54, 1.807) is 24.1 Å². The summed E-state index contributed by atoms with van der Waals surface area (Å²) in [5, 5.41) is 7.58. The molecule has 1 saturated carbocycles. The number of rotatable bonds is 5. The number of aromatic nitrogens is 2. The van der Waals surface area contributed by atoms with E-state index in [0.29, 0.717) is 11.6 Å². The highest BCUT2D eigenvalue weighted by Crippen LogP contribution is 2.43. The maximum atomic E-state index is 13.7. The van der Waals surface area contributed by atoms with Crippen molar-refractivity contribution in [2.24, 2.45) is 5.92 Å². The van der Waals surface area contributed by atoms with Gasteiger partial charge in [-0.1, -0.05) is 44.2 Å². The number of hydrogen-bond acceptors (Lipinski definition) is 3. The van der Waals surface area contributed by atoms with Crippen LogP contribution in [0.3, 0.4) is 0 Å². The Hall–Kier alpha value is -3.15. The number of methoxy groups -OCH3 is 1. The van der Waals surface area contributed by atoms with Crippen LogP contribution in [-0.4, -0.2) is 23.2 Å². The van der Waals surface area contributed by atoms with Gasteiger partial charge in [-0.2, -0.15) is 5.10 Å². The molecule has 160 valence electrons. The molecule has 2 aromatic carbocycles. The molecule has 1 N–H and O–H groups in total. The van der Waals surface area contributed by atoms with Crippen molar-refractivity contribution in [1.82, 2.24) is 10.2 Å². The Kier molecular flexibility index (Phi) is 5.22. The van der Waals surface area contributed by atoms with Crippen LogP contribution in [0.1, 0.15) is 65.5 Å². The van der Waals surface area contributed by atoms with E-state index in [-0.39, 0.29) is 17.8 Å². The van der Waals surface area contributed by atoms with E-state index < -0.39 is 0 Å². The second kappa shape index (κ2) is 8.17. The lowest BCUT2D eigenvalue weighted by molar-refractivity contribution is 0.0988. The summed E-state index contributed by atoms with van der Waals surface area (Å²) in [5.41, 5.74) is 4.07. The Bertz CT molecular complexity index is 1070. The number of H-pyrrole nitrogens is 1. The maximum absolute atomic E-state index is 13.7. The molecule has 0 radical (unpaired) electrons. The summed E-state index contributed by atoms with van der Waals surface area (Å²) < 4.78 is 18.9. The van der Waals surface area contributed by atoms with Gasteiger partial charge in [0.1, 0.15) is 17.3 Å². The average Bonchev–Trinajstić information content (AvgIpc) is 3.34. The lowest BCUT2D eigenvalue weighted by Crippen LogP contribution is -2.29. The molecule has 6 heteroatoms. The molecule has 1 atom stereocenters. The fourth-order valence-corrected chi connectivity index (χ4v) is 5.00. The topological polar surface area (TPSA) is 58.2 Å². The summed E-state index contributed by atoms with van der Waals surface area (Å²) in [7, 11) is 1.62.